The highest BCUT2D eigenvalue weighted by Crippen LogP contribution is 2.28. The zero-order valence-electron chi connectivity index (χ0n) is 14.6. The van der Waals surface area contributed by atoms with Crippen LogP contribution in [0.25, 0.3) is 0 Å². The molecule has 26 heavy (non-hydrogen) atoms. The molecule has 0 bridgehead atoms. The lowest BCUT2D eigenvalue weighted by Gasteiger charge is -2.15. The molecule has 138 valence electrons. The van der Waals surface area contributed by atoms with Gasteiger partial charge in [0.25, 0.3) is 0 Å². The van der Waals surface area contributed by atoms with E-state index in [2.05, 4.69) is 0 Å². The number of carbonyl (C=O) groups excluding carboxylic acids is 1. The Kier molecular flexibility index (Phi) is 5.91. The van der Waals surface area contributed by atoms with Crippen molar-refractivity contribution in [2.75, 3.05) is 32.1 Å². The maximum Gasteiger partial charge on any atom is 0.414 e. The molecule has 0 radical (unpaired) electrons. The van der Waals surface area contributed by atoms with Gasteiger partial charge in [-0.2, -0.15) is 0 Å². The molecular weight excluding hydrogens is 375 g/mol. The molecule has 1 aliphatic heterocycles. The topological polar surface area (TPSA) is 42.0 Å². The van der Waals surface area contributed by atoms with Crippen LogP contribution in [-0.2, 0) is 11.3 Å². The maximum atomic E-state index is 12.1. The first kappa shape index (κ1) is 18.8. The van der Waals surface area contributed by atoms with E-state index in [1.165, 1.54) is 0 Å². The molecule has 5 nitrogen and oxygen atoms in total. The van der Waals surface area contributed by atoms with E-state index in [-0.39, 0.29) is 18.8 Å². The van der Waals surface area contributed by atoms with Crippen molar-refractivity contribution in [1.82, 2.24) is 4.90 Å². The fourth-order valence-corrected chi connectivity index (χ4v) is 3.29. The number of hydrogen-bond acceptors (Lipinski definition) is 4. The molecule has 0 spiro atoms. The van der Waals surface area contributed by atoms with Crippen molar-refractivity contribution in [3.8, 4) is 5.75 Å². The average Bonchev–Trinajstić information content (AvgIpc) is 2.94. The number of rotatable bonds is 6. The lowest BCUT2D eigenvalue weighted by Crippen LogP contribution is -2.30. The van der Waals surface area contributed by atoms with Crippen LogP contribution in [0.1, 0.15) is 5.56 Å². The normalized spacial score (nSPS) is 16.9. The minimum absolute atomic E-state index is 0.129. The number of nitrogens with zero attached hydrogens (tertiary/aromatic N) is 2. The van der Waals surface area contributed by atoms with Crippen molar-refractivity contribution < 1.29 is 14.3 Å². The van der Waals surface area contributed by atoms with Gasteiger partial charge in [-0.1, -0.05) is 29.3 Å². The van der Waals surface area contributed by atoms with Crippen LogP contribution in [0.4, 0.5) is 10.5 Å². The standard InChI is InChI=1S/C19H20Cl2N2O3/c1-22(2)10-15-11-23(19(24)26-15)13-6-8-14(9-7-13)25-12-16-17(20)4-3-5-18(16)21/h3-9,15H,10-12H2,1-2H3. The van der Waals surface area contributed by atoms with Gasteiger partial charge >= 0.3 is 6.09 Å². The maximum absolute atomic E-state index is 12.1. The van der Waals surface area contributed by atoms with E-state index in [1.54, 1.807) is 23.1 Å². The molecule has 0 aromatic heterocycles. The highest BCUT2D eigenvalue weighted by Gasteiger charge is 2.32. The van der Waals surface area contributed by atoms with Gasteiger partial charge in [-0.15, -0.1) is 0 Å². The van der Waals surface area contributed by atoms with Crippen molar-refractivity contribution in [3.63, 3.8) is 0 Å². The van der Waals surface area contributed by atoms with Crippen molar-refractivity contribution in [3.05, 3.63) is 58.1 Å². The second-order valence-electron chi connectivity index (χ2n) is 6.36. The molecule has 2 aromatic rings. The van der Waals surface area contributed by atoms with Gasteiger partial charge in [0.15, 0.2) is 0 Å². The Hall–Kier alpha value is -1.95. The number of ether oxygens (including phenoxy) is 2. The van der Waals surface area contributed by atoms with Crippen LogP contribution in [-0.4, -0.2) is 44.3 Å². The molecule has 1 heterocycles. The van der Waals surface area contributed by atoms with Crippen LogP contribution in [0.2, 0.25) is 10.0 Å². The number of benzene rings is 2. The smallest absolute Gasteiger partial charge is 0.414 e. The van der Waals surface area contributed by atoms with Gasteiger partial charge in [-0.05, 0) is 50.5 Å². The molecule has 2 aromatic carbocycles. The molecule has 1 saturated heterocycles. The lowest BCUT2D eigenvalue weighted by atomic mass is 10.2. The molecule has 1 aliphatic rings. The Bertz CT molecular complexity index is 761. The fourth-order valence-electron chi connectivity index (χ4n) is 2.78. The first-order valence-corrected chi connectivity index (χ1v) is 8.98. The molecule has 0 aliphatic carbocycles. The van der Waals surface area contributed by atoms with Gasteiger partial charge in [0.1, 0.15) is 18.5 Å². The lowest BCUT2D eigenvalue weighted by molar-refractivity contribution is 0.123. The van der Waals surface area contributed by atoms with E-state index in [4.69, 9.17) is 32.7 Å². The second-order valence-corrected chi connectivity index (χ2v) is 7.18. The molecule has 1 atom stereocenters. The molecule has 3 rings (SSSR count). The third kappa shape index (κ3) is 4.41. The van der Waals surface area contributed by atoms with Gasteiger partial charge in [0.2, 0.25) is 0 Å². The van der Waals surface area contributed by atoms with Crippen LogP contribution in [0.3, 0.4) is 0 Å². The summed E-state index contributed by atoms with van der Waals surface area (Å²) in [5.41, 5.74) is 1.52. The monoisotopic (exact) mass is 394 g/mol. The number of amides is 1. The van der Waals surface area contributed by atoms with Gasteiger partial charge in [0.05, 0.1) is 6.54 Å². The van der Waals surface area contributed by atoms with E-state index in [9.17, 15) is 4.79 Å². The Morgan fingerprint density at radius 2 is 1.81 bits per heavy atom. The Morgan fingerprint density at radius 1 is 1.15 bits per heavy atom. The summed E-state index contributed by atoms with van der Waals surface area (Å²) in [5, 5.41) is 1.14. The summed E-state index contributed by atoms with van der Waals surface area (Å²) in [6, 6.07) is 12.6. The minimum atomic E-state index is -0.326. The van der Waals surface area contributed by atoms with Crippen LogP contribution < -0.4 is 9.64 Å². The van der Waals surface area contributed by atoms with Crippen molar-refractivity contribution in [2.24, 2.45) is 0 Å². The summed E-state index contributed by atoms with van der Waals surface area (Å²) < 4.78 is 11.1. The number of likely N-dealkylation sites (N-methyl/N-ethyl adjacent to an activating group) is 1. The van der Waals surface area contributed by atoms with Crippen LogP contribution in [0.5, 0.6) is 5.75 Å². The third-order valence-corrected chi connectivity index (χ3v) is 4.74. The molecule has 1 amide bonds. The van der Waals surface area contributed by atoms with Crippen LogP contribution in [0.15, 0.2) is 42.5 Å². The van der Waals surface area contributed by atoms with E-state index >= 15 is 0 Å². The molecule has 1 unspecified atom stereocenters. The van der Waals surface area contributed by atoms with Crippen molar-refractivity contribution in [1.29, 1.82) is 0 Å². The summed E-state index contributed by atoms with van der Waals surface area (Å²) in [4.78, 5) is 15.7. The summed E-state index contributed by atoms with van der Waals surface area (Å²) >= 11 is 12.3. The van der Waals surface area contributed by atoms with Crippen LogP contribution >= 0.6 is 23.2 Å². The number of halogens is 2. The van der Waals surface area contributed by atoms with E-state index in [1.807, 2.05) is 43.3 Å². The Morgan fingerprint density at radius 3 is 2.42 bits per heavy atom. The zero-order chi connectivity index (χ0) is 18.7. The van der Waals surface area contributed by atoms with E-state index in [0.717, 1.165) is 11.3 Å². The van der Waals surface area contributed by atoms with Crippen molar-refractivity contribution >= 4 is 35.0 Å². The molecule has 1 fully saturated rings. The van der Waals surface area contributed by atoms with Crippen LogP contribution in [0, 0.1) is 0 Å². The van der Waals surface area contributed by atoms with Gasteiger partial charge in [-0.3, -0.25) is 4.90 Å². The Balaban J connectivity index is 1.63. The number of carbonyl (C=O) groups is 1. The number of hydrogen-bond donors (Lipinski definition) is 0. The van der Waals surface area contributed by atoms with Gasteiger partial charge in [0, 0.05) is 27.8 Å². The summed E-state index contributed by atoms with van der Waals surface area (Å²) in [7, 11) is 3.90. The van der Waals surface area contributed by atoms with Gasteiger partial charge < -0.3 is 14.4 Å². The number of cyclic esters (lactones) is 1. The molecule has 0 N–H and O–H groups in total. The number of anilines is 1. The first-order chi connectivity index (χ1) is 12.4. The minimum Gasteiger partial charge on any atom is -0.489 e. The highest BCUT2D eigenvalue weighted by atomic mass is 35.5. The summed E-state index contributed by atoms with van der Waals surface area (Å²) in [6.07, 6.45) is -0.454. The summed E-state index contributed by atoms with van der Waals surface area (Å²) in [6.45, 7) is 1.50. The molecule has 7 heteroatoms. The van der Waals surface area contributed by atoms with Crippen molar-refractivity contribution in [2.45, 2.75) is 12.7 Å². The SMILES string of the molecule is CN(C)CC1CN(c2ccc(OCc3c(Cl)cccc3Cl)cc2)C(=O)O1. The predicted molar refractivity (Wildman–Crippen MR) is 103 cm³/mol. The summed E-state index contributed by atoms with van der Waals surface area (Å²) in [5.74, 6) is 0.669. The quantitative estimate of drug-likeness (QED) is 0.725. The second kappa shape index (κ2) is 8.16. The molecular formula is C19H20Cl2N2O3. The Labute approximate surface area is 163 Å². The zero-order valence-corrected chi connectivity index (χ0v) is 16.1. The van der Waals surface area contributed by atoms with Gasteiger partial charge in [-0.25, -0.2) is 4.79 Å². The first-order valence-electron chi connectivity index (χ1n) is 8.22. The largest absolute Gasteiger partial charge is 0.489 e. The molecule has 0 saturated carbocycles. The predicted octanol–water partition coefficient (Wildman–Crippen LogP) is 4.46. The van der Waals surface area contributed by atoms with E-state index in [0.29, 0.717) is 28.9 Å². The van der Waals surface area contributed by atoms with E-state index < -0.39 is 0 Å². The fraction of sp³-hybridized carbons (Fsp3) is 0.316. The average molecular weight is 395 g/mol. The third-order valence-electron chi connectivity index (χ3n) is 4.04. The highest BCUT2D eigenvalue weighted by molar-refractivity contribution is 6.35.